The normalized spacial score (nSPS) is 14.5. The molecule has 4 heteroatoms. The zero-order chi connectivity index (χ0) is 13.7. The highest BCUT2D eigenvalue weighted by Crippen LogP contribution is 2.12. The minimum Gasteiger partial charge on any atom is -0.460 e. The molecule has 0 spiro atoms. The molecule has 102 valence electrons. The number of carbonyl (C=O) groups is 1. The number of hydrogen-bond acceptors (Lipinski definition) is 3. The van der Waals surface area contributed by atoms with Gasteiger partial charge in [-0.1, -0.05) is 0 Å². The van der Waals surface area contributed by atoms with E-state index in [0.29, 0.717) is 13.0 Å². The summed E-state index contributed by atoms with van der Waals surface area (Å²) < 4.78 is 11.7. The minimum atomic E-state index is -0.426. The molecule has 0 aromatic rings. The Labute approximate surface area is 105 Å². The third-order valence-electron chi connectivity index (χ3n) is 1.97. The van der Waals surface area contributed by atoms with Crippen molar-refractivity contribution in [3.8, 4) is 0 Å². The molecule has 0 saturated heterocycles. The minimum absolute atomic E-state index is 0.0742. The Morgan fingerprint density at radius 3 is 2.12 bits per heavy atom. The lowest BCUT2D eigenvalue weighted by Gasteiger charge is -2.29. The molecule has 0 aliphatic rings. The smallest absolute Gasteiger partial charge is 0.309 e. The van der Waals surface area contributed by atoms with Crippen molar-refractivity contribution in [1.82, 2.24) is 0 Å². The monoisotopic (exact) mass is 246 g/mol. The van der Waals surface area contributed by atoms with Crippen LogP contribution in [-0.2, 0) is 14.3 Å². The van der Waals surface area contributed by atoms with Crippen molar-refractivity contribution in [1.29, 1.82) is 0 Å². The van der Waals surface area contributed by atoms with Gasteiger partial charge in [0, 0.05) is 6.61 Å². The van der Waals surface area contributed by atoms with Crippen molar-refractivity contribution in [2.45, 2.75) is 45.8 Å². The Kier molecular flexibility index (Phi) is 6.13. The number of ether oxygens (including phenoxy) is 2. The van der Waals surface area contributed by atoms with Crippen LogP contribution in [0, 0.1) is 0 Å². The van der Waals surface area contributed by atoms with Crippen LogP contribution in [0.25, 0.3) is 0 Å². The molecule has 0 N–H and O–H groups in total. The molecule has 0 saturated carbocycles. The average molecular weight is 246 g/mol. The largest absolute Gasteiger partial charge is 0.460 e. The molecule has 4 nitrogen and oxygen atoms in total. The van der Waals surface area contributed by atoms with Crippen molar-refractivity contribution < 1.29 is 18.8 Å². The maximum atomic E-state index is 11.7. The van der Waals surface area contributed by atoms with Crippen LogP contribution in [0.3, 0.4) is 0 Å². The molecular weight excluding hydrogens is 218 g/mol. The summed E-state index contributed by atoms with van der Waals surface area (Å²) in [6.45, 7) is 8.99. The topological polar surface area (TPSA) is 35.5 Å². The number of rotatable bonds is 6. The number of esters is 1. The van der Waals surface area contributed by atoms with E-state index in [4.69, 9.17) is 9.47 Å². The van der Waals surface area contributed by atoms with Crippen LogP contribution < -0.4 is 0 Å². The van der Waals surface area contributed by atoms with Gasteiger partial charge in [-0.25, -0.2) is 0 Å². The van der Waals surface area contributed by atoms with Crippen molar-refractivity contribution in [3.05, 3.63) is 0 Å². The van der Waals surface area contributed by atoms with E-state index >= 15 is 0 Å². The molecule has 0 amide bonds. The van der Waals surface area contributed by atoms with E-state index < -0.39 is 5.60 Å². The molecule has 0 aromatic heterocycles. The molecule has 0 bridgehead atoms. The first-order valence-electron chi connectivity index (χ1n) is 6.17. The maximum Gasteiger partial charge on any atom is 0.309 e. The van der Waals surface area contributed by atoms with E-state index in [0.717, 1.165) is 11.0 Å². The molecule has 0 rings (SSSR count). The Morgan fingerprint density at radius 2 is 1.76 bits per heavy atom. The maximum absolute atomic E-state index is 11.7. The standard InChI is InChI=1S/C13H28NO3/c1-8-16-11(10-14(5,6)7)9-12(15)17-13(2,3)4/h11H,8-10H2,1-7H3/q+1. The van der Waals surface area contributed by atoms with Gasteiger partial charge in [-0.2, -0.15) is 0 Å². The van der Waals surface area contributed by atoms with Gasteiger partial charge in [0.2, 0.25) is 0 Å². The molecular formula is C13H28NO3+. The highest BCUT2D eigenvalue weighted by atomic mass is 16.6. The molecule has 1 unspecified atom stereocenters. The van der Waals surface area contributed by atoms with Crippen molar-refractivity contribution in [2.75, 3.05) is 34.3 Å². The second-order valence-electron chi connectivity index (χ2n) is 6.34. The number of nitrogens with zero attached hydrogens (tertiary/aromatic N) is 1. The highest BCUT2D eigenvalue weighted by Gasteiger charge is 2.24. The van der Waals surface area contributed by atoms with Crippen LogP contribution in [-0.4, -0.2) is 56.5 Å². The van der Waals surface area contributed by atoms with Crippen LogP contribution in [0.1, 0.15) is 34.1 Å². The van der Waals surface area contributed by atoms with Gasteiger partial charge in [-0.15, -0.1) is 0 Å². The molecule has 0 aromatic carbocycles. The van der Waals surface area contributed by atoms with Gasteiger partial charge >= 0.3 is 5.97 Å². The average Bonchev–Trinajstić information content (AvgIpc) is 1.95. The molecule has 0 radical (unpaired) electrons. The number of hydrogen-bond donors (Lipinski definition) is 0. The molecule has 0 heterocycles. The van der Waals surface area contributed by atoms with Gasteiger partial charge in [-0.05, 0) is 27.7 Å². The summed E-state index contributed by atoms with van der Waals surface area (Å²) in [5.41, 5.74) is -0.426. The Morgan fingerprint density at radius 1 is 1.24 bits per heavy atom. The Bertz CT molecular complexity index is 238. The van der Waals surface area contributed by atoms with Crippen LogP contribution in [0.2, 0.25) is 0 Å². The number of likely N-dealkylation sites (N-methyl/N-ethyl adjacent to an activating group) is 1. The summed E-state index contributed by atoms with van der Waals surface area (Å²) in [5, 5.41) is 0. The van der Waals surface area contributed by atoms with Crippen molar-refractivity contribution >= 4 is 5.97 Å². The predicted octanol–water partition coefficient (Wildman–Crippen LogP) is 1.83. The SMILES string of the molecule is CCOC(CC(=O)OC(C)(C)C)C[N+](C)(C)C. The van der Waals surface area contributed by atoms with Crippen molar-refractivity contribution in [3.63, 3.8) is 0 Å². The zero-order valence-electron chi connectivity index (χ0n) is 12.4. The van der Waals surface area contributed by atoms with Gasteiger partial charge < -0.3 is 14.0 Å². The van der Waals surface area contributed by atoms with Gasteiger partial charge in [0.1, 0.15) is 18.2 Å². The van der Waals surface area contributed by atoms with Gasteiger partial charge in [0.15, 0.2) is 0 Å². The van der Waals surface area contributed by atoms with Crippen molar-refractivity contribution in [2.24, 2.45) is 0 Å². The summed E-state index contributed by atoms with van der Waals surface area (Å²) in [5.74, 6) is -0.190. The lowest BCUT2D eigenvalue weighted by molar-refractivity contribution is -0.873. The van der Waals surface area contributed by atoms with Crippen LogP contribution >= 0.6 is 0 Å². The molecule has 1 atom stereocenters. The molecule has 17 heavy (non-hydrogen) atoms. The van der Waals surface area contributed by atoms with Crippen LogP contribution in [0.5, 0.6) is 0 Å². The zero-order valence-corrected chi connectivity index (χ0v) is 12.4. The van der Waals surface area contributed by atoms with E-state index in [2.05, 4.69) is 21.1 Å². The third-order valence-corrected chi connectivity index (χ3v) is 1.97. The van der Waals surface area contributed by atoms with Gasteiger partial charge in [0.05, 0.1) is 27.6 Å². The first-order valence-corrected chi connectivity index (χ1v) is 6.17. The number of quaternary nitrogens is 1. The highest BCUT2D eigenvalue weighted by molar-refractivity contribution is 5.70. The fourth-order valence-electron chi connectivity index (χ4n) is 1.59. The number of carbonyl (C=O) groups excluding carboxylic acids is 1. The van der Waals surface area contributed by atoms with E-state index in [9.17, 15) is 4.79 Å². The molecule has 0 fully saturated rings. The van der Waals surface area contributed by atoms with E-state index in [1.165, 1.54) is 0 Å². The molecule has 0 aliphatic heterocycles. The van der Waals surface area contributed by atoms with Gasteiger partial charge in [0.25, 0.3) is 0 Å². The fraction of sp³-hybridized carbons (Fsp3) is 0.923. The second kappa shape index (κ2) is 6.36. The summed E-state index contributed by atoms with van der Waals surface area (Å²) in [7, 11) is 6.25. The summed E-state index contributed by atoms with van der Waals surface area (Å²) in [6, 6.07) is 0. The van der Waals surface area contributed by atoms with Gasteiger partial charge in [-0.3, -0.25) is 4.79 Å². The van der Waals surface area contributed by atoms with Crippen LogP contribution in [0.15, 0.2) is 0 Å². The molecule has 0 aliphatic carbocycles. The Hall–Kier alpha value is -0.610. The summed E-state index contributed by atoms with van der Waals surface area (Å²) >= 11 is 0. The van der Waals surface area contributed by atoms with Crippen LogP contribution in [0.4, 0.5) is 0 Å². The fourth-order valence-corrected chi connectivity index (χ4v) is 1.59. The Balaban J connectivity index is 4.30. The van der Waals surface area contributed by atoms with E-state index in [1.807, 2.05) is 27.7 Å². The quantitative estimate of drug-likeness (QED) is 0.530. The summed E-state index contributed by atoms with van der Waals surface area (Å²) in [6.07, 6.45) is 0.246. The summed E-state index contributed by atoms with van der Waals surface area (Å²) in [4.78, 5) is 11.7. The van der Waals surface area contributed by atoms with E-state index in [-0.39, 0.29) is 12.1 Å². The van der Waals surface area contributed by atoms with E-state index in [1.54, 1.807) is 0 Å². The lowest BCUT2D eigenvalue weighted by atomic mass is 10.2. The third kappa shape index (κ3) is 10.3. The second-order valence-corrected chi connectivity index (χ2v) is 6.34. The first-order chi connectivity index (χ1) is 7.53. The predicted molar refractivity (Wildman–Crippen MR) is 68.8 cm³/mol. The lowest BCUT2D eigenvalue weighted by Crippen LogP contribution is -2.43. The first kappa shape index (κ1) is 16.4.